The summed E-state index contributed by atoms with van der Waals surface area (Å²) in [5.41, 5.74) is 3.34. The number of aromatic nitrogens is 2. The van der Waals surface area contributed by atoms with Crippen molar-refractivity contribution >= 4 is 34.6 Å². The topological polar surface area (TPSA) is 81.3 Å². The molecule has 0 amide bonds. The molecule has 0 saturated carbocycles. The van der Waals surface area contributed by atoms with Crippen LogP contribution in [0.25, 0.3) is 23.1 Å². The molecule has 0 aliphatic heterocycles. The van der Waals surface area contributed by atoms with Crippen molar-refractivity contribution in [2.75, 3.05) is 7.11 Å². The molecule has 0 spiro atoms. The van der Waals surface area contributed by atoms with E-state index >= 15 is 0 Å². The van der Waals surface area contributed by atoms with E-state index in [-0.39, 0.29) is 18.0 Å². The molecule has 0 radical (unpaired) electrons. The maximum atomic E-state index is 12.3. The van der Waals surface area contributed by atoms with Crippen molar-refractivity contribution in [2.24, 2.45) is 0 Å². The second-order valence-electron chi connectivity index (χ2n) is 7.60. The van der Waals surface area contributed by atoms with Crippen LogP contribution >= 0.6 is 0 Å². The number of para-hydroxylation sites is 1. The minimum Gasteiger partial charge on any atom is -0.496 e. The van der Waals surface area contributed by atoms with Crippen LogP contribution in [0.1, 0.15) is 23.4 Å². The molecule has 4 rings (SSSR count). The summed E-state index contributed by atoms with van der Waals surface area (Å²) in [7, 11) is 1.55. The van der Waals surface area contributed by atoms with Gasteiger partial charge in [-0.25, -0.2) is 0 Å². The van der Waals surface area contributed by atoms with Gasteiger partial charge in [0.25, 0.3) is 0 Å². The van der Waals surface area contributed by atoms with Crippen LogP contribution < -0.4 is 9.47 Å². The fraction of sp³-hybridized carbons (Fsp3) is 0.107. The van der Waals surface area contributed by atoms with Gasteiger partial charge < -0.3 is 14.5 Å². The Morgan fingerprint density at radius 2 is 1.74 bits per heavy atom. The Morgan fingerprint density at radius 1 is 0.941 bits per heavy atom. The number of hydrogen-bond donors (Lipinski definition) is 1. The molecular formula is C28H24N2O4. The smallest absolute Gasteiger partial charge is 0.163 e. The van der Waals surface area contributed by atoms with Gasteiger partial charge in [-0.2, -0.15) is 0 Å². The Balaban J connectivity index is 1.33. The van der Waals surface area contributed by atoms with Crippen molar-refractivity contribution in [1.82, 2.24) is 9.97 Å². The number of aromatic amines is 1. The third kappa shape index (κ3) is 6.07. The molecular weight excluding hydrogens is 428 g/mol. The fourth-order valence-electron chi connectivity index (χ4n) is 3.40. The van der Waals surface area contributed by atoms with Crippen molar-refractivity contribution in [3.63, 3.8) is 0 Å². The molecule has 34 heavy (non-hydrogen) atoms. The molecule has 2 heterocycles. The van der Waals surface area contributed by atoms with Crippen molar-refractivity contribution in [2.45, 2.75) is 13.0 Å². The van der Waals surface area contributed by atoms with Crippen molar-refractivity contribution < 1.29 is 19.1 Å². The van der Waals surface area contributed by atoms with Crippen molar-refractivity contribution in [3.05, 3.63) is 102 Å². The van der Waals surface area contributed by atoms with E-state index in [1.807, 2.05) is 48.5 Å². The Bertz CT molecular complexity index is 1320. The number of allylic oxidation sites excluding steroid dienone is 2. The lowest BCUT2D eigenvalue weighted by atomic mass is 10.1. The minimum atomic E-state index is -0.288. The molecule has 170 valence electrons. The Morgan fingerprint density at radius 3 is 2.50 bits per heavy atom. The van der Waals surface area contributed by atoms with Crippen LogP contribution in [0.4, 0.5) is 0 Å². The zero-order chi connectivity index (χ0) is 23.8. The number of carbonyl (C=O) groups excluding carboxylic acids is 2. The molecule has 4 aromatic rings. The molecule has 1 N–H and O–H groups in total. The van der Waals surface area contributed by atoms with Crippen LogP contribution in [0.15, 0.2) is 85.1 Å². The highest BCUT2D eigenvalue weighted by molar-refractivity contribution is 6.11. The van der Waals surface area contributed by atoms with Crippen molar-refractivity contribution in [1.29, 1.82) is 0 Å². The fourth-order valence-corrected chi connectivity index (χ4v) is 3.40. The van der Waals surface area contributed by atoms with E-state index < -0.39 is 0 Å². The number of ether oxygens (including phenoxy) is 2. The van der Waals surface area contributed by atoms with Gasteiger partial charge in [0.15, 0.2) is 11.6 Å². The lowest BCUT2D eigenvalue weighted by Crippen LogP contribution is -2.02. The number of methoxy groups -OCH3 is 1. The van der Waals surface area contributed by atoms with E-state index in [9.17, 15) is 9.59 Å². The first-order valence-corrected chi connectivity index (χ1v) is 10.8. The summed E-state index contributed by atoms with van der Waals surface area (Å²) in [6.45, 7) is 0.339. The quantitative estimate of drug-likeness (QED) is 0.257. The molecule has 2 aromatic heterocycles. The van der Waals surface area contributed by atoms with Crippen LogP contribution in [0.3, 0.4) is 0 Å². The van der Waals surface area contributed by atoms with Gasteiger partial charge in [0.05, 0.1) is 19.2 Å². The Kier molecular flexibility index (Phi) is 7.30. The number of nitrogens with one attached hydrogen (secondary N) is 1. The Hall–Kier alpha value is -4.45. The van der Waals surface area contributed by atoms with Crippen LogP contribution in [-0.2, 0) is 16.2 Å². The molecule has 0 fully saturated rings. The largest absolute Gasteiger partial charge is 0.496 e. The number of benzene rings is 2. The van der Waals surface area contributed by atoms with E-state index in [0.717, 1.165) is 22.3 Å². The highest BCUT2D eigenvalue weighted by Crippen LogP contribution is 2.26. The molecule has 0 atom stereocenters. The predicted molar refractivity (Wildman–Crippen MR) is 133 cm³/mol. The molecule has 0 unspecified atom stereocenters. The number of fused-ring (bicyclic) bond motifs is 1. The first-order chi connectivity index (χ1) is 16.6. The maximum Gasteiger partial charge on any atom is 0.163 e. The molecule has 0 saturated heterocycles. The van der Waals surface area contributed by atoms with Gasteiger partial charge >= 0.3 is 0 Å². The highest BCUT2D eigenvalue weighted by atomic mass is 16.5. The highest BCUT2D eigenvalue weighted by Gasteiger charge is 2.07. The summed E-state index contributed by atoms with van der Waals surface area (Å²) < 4.78 is 11.2. The summed E-state index contributed by atoms with van der Waals surface area (Å²) >= 11 is 0. The molecule has 6 nitrogen and oxygen atoms in total. The van der Waals surface area contributed by atoms with E-state index in [2.05, 4.69) is 9.97 Å². The van der Waals surface area contributed by atoms with Crippen LogP contribution in [-0.4, -0.2) is 28.6 Å². The number of ketones is 2. The summed E-state index contributed by atoms with van der Waals surface area (Å²) in [5, 5.41) is 1.07. The van der Waals surface area contributed by atoms with Gasteiger partial charge in [0.1, 0.15) is 18.1 Å². The first kappa shape index (κ1) is 22.7. The van der Waals surface area contributed by atoms with Gasteiger partial charge in [-0.15, -0.1) is 0 Å². The third-order valence-corrected chi connectivity index (χ3v) is 5.11. The van der Waals surface area contributed by atoms with Gasteiger partial charge in [-0.05, 0) is 66.1 Å². The van der Waals surface area contributed by atoms with Gasteiger partial charge in [0.2, 0.25) is 0 Å². The summed E-state index contributed by atoms with van der Waals surface area (Å²) in [4.78, 5) is 31.9. The second kappa shape index (κ2) is 10.9. The Labute approximate surface area is 197 Å². The van der Waals surface area contributed by atoms with E-state index in [4.69, 9.17) is 9.47 Å². The average Bonchev–Trinajstić information content (AvgIpc) is 3.29. The van der Waals surface area contributed by atoms with Crippen LogP contribution in [0.5, 0.6) is 11.5 Å². The lowest BCUT2D eigenvalue weighted by molar-refractivity contribution is -0.121. The number of nitrogens with zero attached hydrogens (tertiary/aromatic N) is 1. The number of rotatable bonds is 10. The van der Waals surface area contributed by atoms with Gasteiger partial charge in [-0.3, -0.25) is 14.6 Å². The predicted octanol–water partition coefficient (Wildman–Crippen LogP) is 5.41. The SMILES string of the molecule is COc1cc(OCc2ccccn2)ccc1/C=C/C(=O)CC(=O)/C=C/c1cc2ccccc2[nH]1. The normalized spacial score (nSPS) is 11.3. The van der Waals surface area contributed by atoms with E-state index in [1.54, 1.807) is 43.7 Å². The third-order valence-electron chi connectivity index (χ3n) is 5.11. The number of H-pyrrole nitrogens is 1. The first-order valence-electron chi connectivity index (χ1n) is 10.8. The molecule has 2 aromatic carbocycles. The minimum absolute atomic E-state index is 0.208. The monoisotopic (exact) mass is 452 g/mol. The standard InChI is InChI=1S/C28H24N2O4/c1-33-28-18-26(34-19-23-7-4-5-15-29-23)14-10-20(28)9-12-24(31)17-25(32)13-11-22-16-21-6-2-3-8-27(21)30-22/h2-16,18,30H,17,19H2,1H3/b12-9+,13-11+. The average molecular weight is 453 g/mol. The van der Waals surface area contributed by atoms with Gasteiger partial charge in [0, 0.05) is 29.0 Å². The van der Waals surface area contributed by atoms with Crippen LogP contribution in [0, 0.1) is 0 Å². The summed E-state index contributed by atoms with van der Waals surface area (Å²) in [5.74, 6) is 0.637. The summed E-state index contributed by atoms with van der Waals surface area (Å²) in [6, 6.07) is 20.8. The number of carbonyl (C=O) groups is 2. The second-order valence-corrected chi connectivity index (χ2v) is 7.60. The zero-order valence-electron chi connectivity index (χ0n) is 18.7. The van der Waals surface area contributed by atoms with E-state index in [1.165, 1.54) is 12.2 Å². The zero-order valence-corrected chi connectivity index (χ0v) is 18.7. The van der Waals surface area contributed by atoms with Crippen molar-refractivity contribution in [3.8, 4) is 11.5 Å². The number of pyridine rings is 1. The summed E-state index contributed by atoms with van der Waals surface area (Å²) in [6.07, 6.45) is 7.64. The lowest BCUT2D eigenvalue weighted by Gasteiger charge is -2.09. The molecule has 0 aliphatic rings. The molecule has 0 aliphatic carbocycles. The maximum absolute atomic E-state index is 12.3. The number of hydrogen-bond acceptors (Lipinski definition) is 5. The van der Waals surface area contributed by atoms with Gasteiger partial charge in [-0.1, -0.05) is 24.3 Å². The van der Waals surface area contributed by atoms with Crippen LogP contribution in [0.2, 0.25) is 0 Å². The molecule has 6 heteroatoms. The molecule has 0 bridgehead atoms. The van der Waals surface area contributed by atoms with E-state index in [0.29, 0.717) is 23.7 Å².